The second-order valence-electron chi connectivity index (χ2n) is 8.19. The van der Waals surface area contributed by atoms with E-state index in [9.17, 15) is 4.79 Å². The summed E-state index contributed by atoms with van der Waals surface area (Å²) < 4.78 is 18.6. The predicted octanol–water partition coefficient (Wildman–Crippen LogP) is 6.35. The molecule has 0 fully saturated rings. The van der Waals surface area contributed by atoms with Crippen LogP contribution in [0.3, 0.4) is 0 Å². The van der Waals surface area contributed by atoms with Gasteiger partial charge in [0.2, 0.25) is 5.75 Å². The normalized spacial score (nSPS) is 10.9. The summed E-state index contributed by atoms with van der Waals surface area (Å²) in [6.45, 7) is 11.4. The number of anilines is 1. The molecule has 0 aliphatic heterocycles. The zero-order valence-electron chi connectivity index (χ0n) is 21.3. The number of hydrogen-bond donors (Lipinski definition) is 0. The lowest BCUT2D eigenvalue weighted by Gasteiger charge is -2.22. The van der Waals surface area contributed by atoms with Gasteiger partial charge in [-0.15, -0.1) is 0 Å². The highest BCUT2D eigenvalue weighted by Crippen LogP contribution is 2.40. The van der Waals surface area contributed by atoms with E-state index in [-0.39, 0.29) is 12.5 Å². The molecule has 1 amide bonds. The van der Waals surface area contributed by atoms with Crippen LogP contribution in [0.2, 0.25) is 0 Å². The lowest BCUT2D eigenvalue weighted by Crippen LogP contribution is -2.30. The van der Waals surface area contributed by atoms with Crippen LogP contribution in [0.1, 0.15) is 48.0 Å². The van der Waals surface area contributed by atoms with Crippen LogP contribution in [-0.2, 0) is 6.54 Å². The Morgan fingerprint density at radius 2 is 1.58 bits per heavy atom. The summed E-state index contributed by atoms with van der Waals surface area (Å²) in [5.41, 5.74) is 4.30. The van der Waals surface area contributed by atoms with Crippen molar-refractivity contribution < 1.29 is 19.0 Å². The zero-order valence-corrected chi connectivity index (χ0v) is 22.1. The number of hydrogen-bond acceptors (Lipinski definition) is 7. The topological polar surface area (TPSA) is 73.8 Å². The number of ether oxygens (including phenoxy) is 3. The van der Waals surface area contributed by atoms with Gasteiger partial charge in [-0.2, -0.15) is 0 Å². The van der Waals surface area contributed by atoms with Gasteiger partial charge < -0.3 is 14.2 Å². The van der Waals surface area contributed by atoms with E-state index in [1.165, 1.54) is 11.3 Å². The lowest BCUT2D eigenvalue weighted by molar-refractivity contribution is 0.0983. The van der Waals surface area contributed by atoms with Crippen molar-refractivity contribution >= 4 is 32.6 Å². The molecule has 7 nitrogen and oxygen atoms in total. The minimum Gasteiger partial charge on any atom is -0.490 e. The van der Waals surface area contributed by atoms with E-state index in [2.05, 4.69) is 24.0 Å². The molecule has 0 bridgehead atoms. The number of thiazole rings is 1. The molecule has 0 spiro atoms. The third-order valence-electron chi connectivity index (χ3n) is 5.61. The molecule has 0 saturated heterocycles. The Kier molecular flexibility index (Phi) is 8.05. The highest BCUT2D eigenvalue weighted by atomic mass is 32.1. The maximum Gasteiger partial charge on any atom is 0.260 e. The molecule has 0 unspecified atom stereocenters. The van der Waals surface area contributed by atoms with Crippen LogP contribution in [0.15, 0.2) is 48.7 Å². The van der Waals surface area contributed by atoms with Gasteiger partial charge in [-0.1, -0.05) is 29.5 Å². The van der Waals surface area contributed by atoms with Gasteiger partial charge in [0.25, 0.3) is 5.91 Å². The number of nitrogens with zero attached hydrogens (tertiary/aromatic N) is 3. The van der Waals surface area contributed by atoms with Crippen LogP contribution in [0.4, 0.5) is 5.13 Å². The highest BCUT2D eigenvalue weighted by Gasteiger charge is 2.26. The van der Waals surface area contributed by atoms with Gasteiger partial charge in [0.1, 0.15) is 0 Å². The average Bonchev–Trinajstić information content (AvgIpc) is 3.34. The number of aryl methyl sites for hydroxylation is 2. The Bertz CT molecular complexity index is 1290. The SMILES string of the molecule is CCOc1cc(C(=O)N(Cc2ccccn2)c2nc3c(C)ccc(C)c3s2)cc(OCC)c1OCC. The molecular weight excluding hydrogens is 474 g/mol. The summed E-state index contributed by atoms with van der Waals surface area (Å²) in [5, 5.41) is 0.614. The molecule has 0 saturated carbocycles. The summed E-state index contributed by atoms with van der Waals surface area (Å²) in [6, 6.07) is 13.2. The van der Waals surface area contributed by atoms with E-state index in [1.807, 2.05) is 45.9 Å². The number of benzene rings is 2. The molecule has 0 N–H and O–H groups in total. The van der Waals surface area contributed by atoms with Crippen LogP contribution < -0.4 is 19.1 Å². The van der Waals surface area contributed by atoms with E-state index < -0.39 is 0 Å². The summed E-state index contributed by atoms with van der Waals surface area (Å²) in [7, 11) is 0. The van der Waals surface area contributed by atoms with E-state index >= 15 is 0 Å². The van der Waals surface area contributed by atoms with Gasteiger partial charge in [0.15, 0.2) is 16.6 Å². The van der Waals surface area contributed by atoms with E-state index in [1.54, 1.807) is 23.2 Å². The number of fused-ring (bicyclic) bond motifs is 1. The Hall–Kier alpha value is -3.65. The minimum absolute atomic E-state index is 0.222. The fourth-order valence-electron chi connectivity index (χ4n) is 3.91. The van der Waals surface area contributed by atoms with Crippen LogP contribution in [-0.4, -0.2) is 35.7 Å². The Morgan fingerprint density at radius 3 is 2.17 bits per heavy atom. The number of rotatable bonds is 10. The number of amides is 1. The molecule has 36 heavy (non-hydrogen) atoms. The standard InChI is InChI=1S/C28H31N3O4S/c1-6-33-22-15-20(16-23(34-7-2)25(22)35-8-3)27(32)31(17-21-11-9-10-14-29-21)28-30-24-18(4)12-13-19(5)26(24)36-28/h9-16H,6-8,17H2,1-5H3. The predicted molar refractivity (Wildman–Crippen MR) is 144 cm³/mol. The monoisotopic (exact) mass is 505 g/mol. The minimum atomic E-state index is -0.222. The fraction of sp³-hybridized carbons (Fsp3) is 0.321. The number of aromatic nitrogens is 2. The quantitative estimate of drug-likeness (QED) is 0.250. The van der Waals surface area contributed by atoms with Crippen molar-refractivity contribution in [2.24, 2.45) is 0 Å². The van der Waals surface area contributed by atoms with Crippen LogP contribution in [0, 0.1) is 13.8 Å². The number of carbonyl (C=O) groups is 1. The molecule has 2 aromatic heterocycles. The average molecular weight is 506 g/mol. The van der Waals surface area contributed by atoms with E-state index in [0.29, 0.717) is 47.8 Å². The smallest absolute Gasteiger partial charge is 0.260 e. The molecule has 2 aromatic carbocycles. The Labute approximate surface area is 215 Å². The van der Waals surface area contributed by atoms with E-state index in [0.717, 1.165) is 27.0 Å². The van der Waals surface area contributed by atoms with Crippen molar-refractivity contribution in [1.29, 1.82) is 0 Å². The first-order chi connectivity index (χ1) is 17.5. The summed E-state index contributed by atoms with van der Waals surface area (Å²) >= 11 is 1.51. The summed E-state index contributed by atoms with van der Waals surface area (Å²) in [6.07, 6.45) is 1.72. The first kappa shape index (κ1) is 25.4. The van der Waals surface area contributed by atoms with Crippen molar-refractivity contribution in [3.8, 4) is 17.2 Å². The summed E-state index contributed by atoms with van der Waals surface area (Å²) in [4.78, 5) is 25.1. The zero-order chi connectivity index (χ0) is 25.7. The molecule has 4 aromatic rings. The van der Waals surface area contributed by atoms with Crippen molar-refractivity contribution in [1.82, 2.24) is 9.97 Å². The number of pyridine rings is 1. The molecule has 4 rings (SSSR count). The molecule has 0 atom stereocenters. The van der Waals surface area contributed by atoms with Gasteiger partial charge in [-0.25, -0.2) is 4.98 Å². The maximum absolute atomic E-state index is 14.1. The van der Waals surface area contributed by atoms with Crippen molar-refractivity contribution in [2.45, 2.75) is 41.2 Å². The molecule has 0 radical (unpaired) electrons. The molecule has 188 valence electrons. The molecule has 8 heteroatoms. The van der Waals surface area contributed by atoms with Crippen molar-refractivity contribution in [2.75, 3.05) is 24.7 Å². The van der Waals surface area contributed by atoms with Gasteiger partial charge in [-0.3, -0.25) is 14.7 Å². The van der Waals surface area contributed by atoms with Gasteiger partial charge in [-0.05, 0) is 70.0 Å². The lowest BCUT2D eigenvalue weighted by atomic mass is 10.1. The molecule has 0 aliphatic rings. The first-order valence-electron chi connectivity index (χ1n) is 12.1. The van der Waals surface area contributed by atoms with Crippen LogP contribution in [0.5, 0.6) is 17.2 Å². The Morgan fingerprint density at radius 1 is 0.917 bits per heavy atom. The van der Waals surface area contributed by atoms with Gasteiger partial charge >= 0.3 is 0 Å². The van der Waals surface area contributed by atoms with Crippen LogP contribution in [0.25, 0.3) is 10.2 Å². The second-order valence-corrected chi connectivity index (χ2v) is 9.16. The fourth-order valence-corrected chi connectivity index (χ4v) is 5.02. The van der Waals surface area contributed by atoms with Gasteiger partial charge in [0, 0.05) is 11.8 Å². The molecule has 2 heterocycles. The second kappa shape index (κ2) is 11.4. The maximum atomic E-state index is 14.1. The largest absolute Gasteiger partial charge is 0.490 e. The molecule has 0 aliphatic carbocycles. The third kappa shape index (κ3) is 5.28. The first-order valence-corrected chi connectivity index (χ1v) is 12.9. The van der Waals surface area contributed by atoms with Gasteiger partial charge in [0.05, 0.1) is 42.3 Å². The van der Waals surface area contributed by atoms with E-state index in [4.69, 9.17) is 19.2 Å². The summed E-state index contributed by atoms with van der Waals surface area (Å²) in [5.74, 6) is 1.23. The number of carbonyl (C=O) groups excluding carboxylic acids is 1. The van der Waals surface area contributed by atoms with Crippen LogP contribution >= 0.6 is 11.3 Å². The van der Waals surface area contributed by atoms with Crippen molar-refractivity contribution in [3.63, 3.8) is 0 Å². The molecular formula is C28H31N3O4S. The highest BCUT2D eigenvalue weighted by molar-refractivity contribution is 7.22. The van der Waals surface area contributed by atoms with Crippen molar-refractivity contribution in [3.05, 3.63) is 71.0 Å². The third-order valence-corrected chi connectivity index (χ3v) is 6.82. The Balaban J connectivity index is 1.84.